The molecule has 0 N–H and O–H groups in total. The Balaban J connectivity index is 1.71. The molecule has 1 fully saturated rings. The summed E-state index contributed by atoms with van der Waals surface area (Å²) in [6, 6.07) is 12.8. The van der Waals surface area contributed by atoms with E-state index in [4.69, 9.17) is 0 Å². The van der Waals surface area contributed by atoms with Crippen molar-refractivity contribution in [3.8, 4) is 11.3 Å². The molecule has 0 aliphatic carbocycles. The molecule has 3 aromatic rings. The van der Waals surface area contributed by atoms with Crippen molar-refractivity contribution in [3.05, 3.63) is 53.3 Å². The second-order valence-corrected chi connectivity index (χ2v) is 6.98. The van der Waals surface area contributed by atoms with E-state index in [2.05, 4.69) is 72.6 Å². The number of pyridine rings is 1. The Morgan fingerprint density at radius 1 is 1.04 bits per heavy atom. The highest BCUT2D eigenvalue weighted by Crippen LogP contribution is 2.27. The maximum atomic E-state index is 4.51. The summed E-state index contributed by atoms with van der Waals surface area (Å²) in [6.07, 6.45) is 4.02. The van der Waals surface area contributed by atoms with E-state index in [1.165, 1.54) is 11.3 Å². The largest absolute Gasteiger partial charge is 0.369 e. The predicted octanol–water partition coefficient (Wildman–Crippen LogP) is 3.52. The molecule has 0 saturated carbocycles. The van der Waals surface area contributed by atoms with Gasteiger partial charge in [0, 0.05) is 48.1 Å². The maximum Gasteiger partial charge on any atom is 0.137 e. The van der Waals surface area contributed by atoms with Crippen molar-refractivity contribution in [3.63, 3.8) is 0 Å². The molecule has 5 heteroatoms. The minimum Gasteiger partial charge on any atom is -0.369 e. The van der Waals surface area contributed by atoms with E-state index in [0.717, 1.165) is 42.0 Å². The molecule has 4 nitrogen and oxygen atoms in total. The first-order chi connectivity index (χ1) is 11.2. The van der Waals surface area contributed by atoms with Gasteiger partial charge < -0.3 is 9.80 Å². The van der Waals surface area contributed by atoms with Gasteiger partial charge in [-0.05, 0) is 47.2 Å². The fourth-order valence-corrected chi connectivity index (χ4v) is 3.43. The Labute approximate surface area is 144 Å². The molecule has 4 rings (SSSR count). The zero-order valence-electron chi connectivity index (χ0n) is 13.1. The zero-order valence-corrected chi connectivity index (χ0v) is 14.7. The van der Waals surface area contributed by atoms with Crippen LogP contribution in [0.3, 0.4) is 0 Å². The molecular formula is C18H19BrN4. The van der Waals surface area contributed by atoms with Gasteiger partial charge in [-0.3, -0.25) is 4.40 Å². The van der Waals surface area contributed by atoms with Crippen LogP contribution >= 0.6 is 15.9 Å². The number of hydrogen-bond acceptors (Lipinski definition) is 3. The van der Waals surface area contributed by atoms with Crippen LogP contribution in [-0.2, 0) is 0 Å². The number of rotatable bonds is 2. The van der Waals surface area contributed by atoms with Gasteiger partial charge in [0.25, 0.3) is 0 Å². The van der Waals surface area contributed by atoms with Crippen LogP contribution < -0.4 is 4.90 Å². The van der Waals surface area contributed by atoms with Crippen LogP contribution in [0, 0.1) is 0 Å². The summed E-state index contributed by atoms with van der Waals surface area (Å²) in [4.78, 5) is 9.35. The highest BCUT2D eigenvalue weighted by atomic mass is 79.9. The average Bonchev–Trinajstić information content (AvgIpc) is 2.98. The van der Waals surface area contributed by atoms with Crippen molar-refractivity contribution in [2.45, 2.75) is 0 Å². The van der Waals surface area contributed by atoms with Crippen molar-refractivity contribution in [1.29, 1.82) is 0 Å². The van der Waals surface area contributed by atoms with E-state index in [9.17, 15) is 0 Å². The van der Waals surface area contributed by atoms with Gasteiger partial charge in [-0.15, -0.1) is 0 Å². The van der Waals surface area contributed by atoms with E-state index in [-0.39, 0.29) is 0 Å². The number of halogens is 1. The standard InChI is InChI=1S/C18H19BrN4/c1-21-7-9-22(10-8-21)16-4-2-3-14(11-16)17-12-20-18-6-5-15(19)13-23(17)18/h2-6,11-13H,7-10H2,1H3. The highest BCUT2D eigenvalue weighted by Gasteiger charge is 2.15. The van der Waals surface area contributed by atoms with E-state index in [1.807, 2.05) is 18.3 Å². The second-order valence-electron chi connectivity index (χ2n) is 6.06. The molecule has 0 radical (unpaired) electrons. The topological polar surface area (TPSA) is 23.8 Å². The van der Waals surface area contributed by atoms with Crippen LogP contribution in [0.25, 0.3) is 16.9 Å². The Bertz CT molecular complexity index is 834. The molecule has 23 heavy (non-hydrogen) atoms. The first-order valence-corrected chi connectivity index (χ1v) is 8.66. The number of imidazole rings is 1. The number of nitrogens with zero attached hydrogens (tertiary/aromatic N) is 4. The lowest BCUT2D eigenvalue weighted by atomic mass is 10.1. The van der Waals surface area contributed by atoms with Crippen molar-refractivity contribution >= 4 is 27.3 Å². The Hall–Kier alpha value is -1.85. The summed E-state index contributed by atoms with van der Waals surface area (Å²) in [5, 5.41) is 0. The number of hydrogen-bond donors (Lipinski definition) is 0. The number of piperazine rings is 1. The summed E-state index contributed by atoms with van der Waals surface area (Å²) in [6.45, 7) is 4.40. The first-order valence-electron chi connectivity index (χ1n) is 7.87. The highest BCUT2D eigenvalue weighted by molar-refractivity contribution is 9.10. The molecule has 0 atom stereocenters. The van der Waals surface area contributed by atoms with Crippen LogP contribution in [0.1, 0.15) is 0 Å². The molecule has 0 spiro atoms. The molecule has 3 heterocycles. The van der Waals surface area contributed by atoms with Crippen molar-refractivity contribution in [2.24, 2.45) is 0 Å². The monoisotopic (exact) mass is 370 g/mol. The van der Waals surface area contributed by atoms with Gasteiger partial charge in [0.15, 0.2) is 0 Å². The summed E-state index contributed by atoms with van der Waals surface area (Å²) in [5.41, 5.74) is 4.58. The van der Waals surface area contributed by atoms with Crippen molar-refractivity contribution in [2.75, 3.05) is 38.1 Å². The van der Waals surface area contributed by atoms with Crippen molar-refractivity contribution < 1.29 is 0 Å². The van der Waals surface area contributed by atoms with Crippen molar-refractivity contribution in [1.82, 2.24) is 14.3 Å². The third-order valence-electron chi connectivity index (χ3n) is 4.48. The van der Waals surface area contributed by atoms with Crippen LogP contribution in [0.2, 0.25) is 0 Å². The molecule has 1 aliphatic rings. The quantitative estimate of drug-likeness (QED) is 0.689. The normalized spacial score (nSPS) is 16.2. The third-order valence-corrected chi connectivity index (χ3v) is 4.95. The van der Waals surface area contributed by atoms with Gasteiger partial charge >= 0.3 is 0 Å². The summed E-state index contributed by atoms with van der Waals surface area (Å²) >= 11 is 3.54. The molecule has 0 bridgehead atoms. The number of aromatic nitrogens is 2. The van der Waals surface area contributed by atoms with Gasteiger partial charge in [0.2, 0.25) is 0 Å². The van der Waals surface area contributed by atoms with Crippen LogP contribution in [0.5, 0.6) is 0 Å². The van der Waals surface area contributed by atoms with Gasteiger partial charge in [0.1, 0.15) is 5.65 Å². The molecule has 118 valence electrons. The average molecular weight is 371 g/mol. The Morgan fingerprint density at radius 3 is 2.70 bits per heavy atom. The minimum atomic E-state index is 0.966. The number of likely N-dealkylation sites (N-methyl/N-ethyl adjacent to an activating group) is 1. The number of fused-ring (bicyclic) bond motifs is 1. The smallest absolute Gasteiger partial charge is 0.137 e. The minimum absolute atomic E-state index is 0.966. The van der Waals surface area contributed by atoms with E-state index in [1.54, 1.807) is 0 Å². The molecule has 1 aliphatic heterocycles. The lowest BCUT2D eigenvalue weighted by molar-refractivity contribution is 0.313. The molecule has 2 aromatic heterocycles. The van der Waals surface area contributed by atoms with Crippen LogP contribution in [-0.4, -0.2) is 47.5 Å². The third kappa shape index (κ3) is 2.86. The summed E-state index contributed by atoms with van der Waals surface area (Å²) in [5.74, 6) is 0. The molecule has 1 saturated heterocycles. The Kier molecular flexibility index (Phi) is 3.83. The predicted molar refractivity (Wildman–Crippen MR) is 98.0 cm³/mol. The van der Waals surface area contributed by atoms with Gasteiger partial charge in [-0.25, -0.2) is 4.98 Å². The lowest BCUT2D eigenvalue weighted by Gasteiger charge is -2.34. The molecule has 0 unspecified atom stereocenters. The molecule has 1 aromatic carbocycles. The van der Waals surface area contributed by atoms with Gasteiger partial charge in [-0.1, -0.05) is 12.1 Å². The van der Waals surface area contributed by atoms with E-state index >= 15 is 0 Å². The van der Waals surface area contributed by atoms with Gasteiger partial charge in [-0.2, -0.15) is 0 Å². The SMILES string of the molecule is CN1CCN(c2cccc(-c3cnc4ccc(Br)cn34)c2)CC1. The first kappa shape index (κ1) is 14.7. The fraction of sp³-hybridized carbons (Fsp3) is 0.278. The number of anilines is 1. The van der Waals surface area contributed by atoms with E-state index in [0.29, 0.717) is 0 Å². The maximum absolute atomic E-state index is 4.51. The van der Waals surface area contributed by atoms with E-state index < -0.39 is 0 Å². The number of benzene rings is 1. The second kappa shape index (κ2) is 5.98. The lowest BCUT2D eigenvalue weighted by Crippen LogP contribution is -2.44. The summed E-state index contributed by atoms with van der Waals surface area (Å²) < 4.78 is 3.19. The molecule has 0 amide bonds. The Morgan fingerprint density at radius 2 is 1.87 bits per heavy atom. The van der Waals surface area contributed by atoms with Crippen LogP contribution in [0.15, 0.2) is 53.3 Å². The summed E-state index contributed by atoms with van der Waals surface area (Å²) in [7, 11) is 2.18. The fourth-order valence-electron chi connectivity index (χ4n) is 3.09. The molecular weight excluding hydrogens is 352 g/mol. The van der Waals surface area contributed by atoms with Crippen LogP contribution in [0.4, 0.5) is 5.69 Å². The van der Waals surface area contributed by atoms with Gasteiger partial charge in [0.05, 0.1) is 11.9 Å². The zero-order chi connectivity index (χ0) is 15.8.